The van der Waals surface area contributed by atoms with Gasteiger partial charge in [-0.15, -0.1) is 0 Å². The highest BCUT2D eigenvalue weighted by Crippen LogP contribution is 2.57. The van der Waals surface area contributed by atoms with Crippen LogP contribution in [0, 0.1) is 6.92 Å². The summed E-state index contributed by atoms with van der Waals surface area (Å²) in [5, 5.41) is 12.7. The van der Waals surface area contributed by atoms with E-state index in [2.05, 4.69) is 5.32 Å². The number of rotatable bonds is 8. The predicted molar refractivity (Wildman–Crippen MR) is 174 cm³/mol. The minimum atomic E-state index is -4.80. The smallest absolute Gasteiger partial charge is 0.417 e. The number of hydrogen-bond acceptors (Lipinski definition) is 5. The molecule has 0 saturated heterocycles. The molecule has 1 atom stereocenters. The normalized spacial score (nSPS) is 13.0. The summed E-state index contributed by atoms with van der Waals surface area (Å²) < 4.78 is 66.6. The number of alkyl halides is 3. The molecule has 1 amide bonds. The molecule has 5 aromatic rings. The average Bonchev–Trinajstić information content (AvgIpc) is 3.40. The fourth-order valence-corrected chi connectivity index (χ4v) is 7.91. The number of fused-ring (bicyclic) bond motifs is 1. The zero-order chi connectivity index (χ0) is 34.4. The van der Waals surface area contributed by atoms with E-state index in [0.717, 1.165) is 14.6 Å². The van der Waals surface area contributed by atoms with Crippen LogP contribution in [-0.4, -0.2) is 40.7 Å². The summed E-state index contributed by atoms with van der Waals surface area (Å²) in [5.74, 6) is -2.40. The van der Waals surface area contributed by atoms with Crippen LogP contribution in [0.5, 0.6) is 0 Å². The Hall–Kier alpha value is -4.27. The van der Waals surface area contributed by atoms with Crippen LogP contribution in [-0.2, 0) is 24.4 Å². The van der Waals surface area contributed by atoms with Crippen molar-refractivity contribution < 1.29 is 37.0 Å². The Labute approximate surface area is 277 Å². The number of pyridine rings is 1. The maximum Gasteiger partial charge on any atom is 0.417 e. The monoisotopic (exact) mass is 707 g/mol. The van der Waals surface area contributed by atoms with Crippen LogP contribution in [0.25, 0.3) is 22.0 Å². The van der Waals surface area contributed by atoms with Crippen LogP contribution >= 0.6 is 34.0 Å². The van der Waals surface area contributed by atoms with Crippen LogP contribution in [0.2, 0.25) is 10.0 Å². The number of carbonyl (C=O) groups is 2. The summed E-state index contributed by atoms with van der Waals surface area (Å²) in [7, 11) is -2.73. The van der Waals surface area contributed by atoms with Crippen molar-refractivity contribution in [1.82, 2.24) is 13.9 Å². The van der Waals surface area contributed by atoms with Gasteiger partial charge in [0.15, 0.2) is 0 Å². The lowest BCUT2D eigenvalue weighted by molar-refractivity contribution is -0.139. The van der Waals surface area contributed by atoms with Crippen molar-refractivity contribution in [3.8, 4) is 11.1 Å². The Morgan fingerprint density at radius 2 is 1.57 bits per heavy atom. The molecule has 246 valence electrons. The van der Waals surface area contributed by atoms with Gasteiger partial charge in [0.1, 0.15) is 16.6 Å². The van der Waals surface area contributed by atoms with E-state index in [9.17, 15) is 41.8 Å². The maximum absolute atomic E-state index is 13.8. The maximum atomic E-state index is 13.8. The van der Waals surface area contributed by atoms with E-state index >= 15 is 0 Å². The van der Waals surface area contributed by atoms with Crippen molar-refractivity contribution in [2.24, 2.45) is 7.05 Å². The average molecular weight is 709 g/mol. The minimum absolute atomic E-state index is 0.0226. The molecule has 0 aliphatic carbocycles. The molecule has 0 saturated carbocycles. The summed E-state index contributed by atoms with van der Waals surface area (Å²) in [4.78, 5) is 38.5. The summed E-state index contributed by atoms with van der Waals surface area (Å²) >= 11 is 12.6. The predicted octanol–water partition coefficient (Wildman–Crippen LogP) is 7.64. The molecule has 47 heavy (non-hydrogen) atoms. The molecule has 2 aromatic heterocycles. The van der Waals surface area contributed by atoms with Crippen LogP contribution < -0.4 is 10.9 Å². The fourth-order valence-electron chi connectivity index (χ4n) is 5.20. The van der Waals surface area contributed by atoms with Crippen LogP contribution in [0.4, 0.5) is 13.2 Å². The SMILES string of the molecule is Cc1cc(C(F)(F)F)c(-c2ccc(CC(NC(=O)c3cc4ccccc4n3S(O)(O)c3c(Cl)cccc3Cl)C(=O)O)cc2)c(=O)n1C. The number of halogens is 5. The van der Waals surface area contributed by atoms with Crippen LogP contribution in [0.1, 0.15) is 27.3 Å². The van der Waals surface area contributed by atoms with Crippen molar-refractivity contribution in [2.75, 3.05) is 0 Å². The Morgan fingerprint density at radius 1 is 0.957 bits per heavy atom. The molecule has 5 rings (SSSR count). The van der Waals surface area contributed by atoms with Gasteiger partial charge in [-0.3, -0.25) is 18.7 Å². The van der Waals surface area contributed by atoms with Gasteiger partial charge in [0, 0.05) is 24.5 Å². The van der Waals surface area contributed by atoms with Gasteiger partial charge in [-0.1, -0.05) is 82.5 Å². The van der Waals surface area contributed by atoms with Crippen molar-refractivity contribution in [3.63, 3.8) is 0 Å². The number of carbonyl (C=O) groups excluding carboxylic acids is 1. The number of aliphatic carboxylic acids is 1. The minimum Gasteiger partial charge on any atom is -0.480 e. The van der Waals surface area contributed by atoms with E-state index in [1.807, 2.05) is 0 Å². The van der Waals surface area contributed by atoms with E-state index in [-0.39, 0.29) is 43.8 Å². The molecule has 9 nitrogen and oxygen atoms in total. The molecular weight excluding hydrogens is 682 g/mol. The summed E-state index contributed by atoms with van der Waals surface area (Å²) in [5.41, 5.74) is -2.13. The lowest BCUT2D eigenvalue weighted by Crippen LogP contribution is -2.43. The first-order valence-electron chi connectivity index (χ1n) is 13.8. The molecule has 3 aromatic carbocycles. The number of carboxylic acid groups (broad SMARTS) is 1. The Kier molecular flexibility index (Phi) is 9.23. The van der Waals surface area contributed by atoms with Gasteiger partial charge >= 0.3 is 12.1 Å². The largest absolute Gasteiger partial charge is 0.480 e. The van der Waals surface area contributed by atoms with E-state index in [0.29, 0.717) is 10.9 Å². The molecule has 0 aliphatic heterocycles. The number of nitrogens with one attached hydrogen (secondary N) is 1. The lowest BCUT2D eigenvalue weighted by Gasteiger charge is -2.36. The van der Waals surface area contributed by atoms with Gasteiger partial charge in [0.25, 0.3) is 11.5 Å². The number of carboxylic acids is 1. The van der Waals surface area contributed by atoms with Crippen LogP contribution in [0.3, 0.4) is 0 Å². The number of aromatic nitrogens is 2. The molecule has 0 bridgehead atoms. The zero-order valence-electron chi connectivity index (χ0n) is 24.5. The number of aryl methyl sites for hydroxylation is 1. The highest BCUT2D eigenvalue weighted by atomic mass is 35.5. The van der Waals surface area contributed by atoms with Gasteiger partial charge in [-0.05, 0) is 48.4 Å². The van der Waals surface area contributed by atoms with Crippen molar-refractivity contribution in [3.05, 3.63) is 122 Å². The van der Waals surface area contributed by atoms with Gasteiger partial charge in [-0.25, -0.2) is 8.77 Å². The summed E-state index contributed by atoms with van der Waals surface area (Å²) in [6.45, 7) is 1.39. The highest BCUT2D eigenvalue weighted by Gasteiger charge is 2.36. The third kappa shape index (κ3) is 6.49. The summed E-state index contributed by atoms with van der Waals surface area (Å²) in [6, 6.07) is 16.7. The molecule has 0 fully saturated rings. The molecule has 4 N–H and O–H groups in total. The number of amides is 1. The molecule has 0 aliphatic rings. The second-order valence-corrected chi connectivity index (χ2v) is 13.3. The second kappa shape index (κ2) is 12.7. The van der Waals surface area contributed by atoms with Crippen molar-refractivity contribution in [2.45, 2.75) is 30.5 Å². The van der Waals surface area contributed by atoms with E-state index in [1.54, 1.807) is 18.2 Å². The topological polar surface area (TPSA) is 134 Å². The molecule has 1 unspecified atom stereocenters. The number of para-hydroxylation sites is 1. The van der Waals surface area contributed by atoms with Gasteiger partial charge in [-0.2, -0.15) is 13.2 Å². The number of nitrogens with zero attached hydrogens (tertiary/aromatic N) is 2. The Bertz CT molecular complexity index is 2080. The lowest BCUT2D eigenvalue weighted by atomic mass is 9.97. The van der Waals surface area contributed by atoms with E-state index in [4.69, 9.17) is 23.2 Å². The van der Waals surface area contributed by atoms with Crippen molar-refractivity contribution >= 4 is 56.8 Å². The first-order chi connectivity index (χ1) is 22.0. The first kappa shape index (κ1) is 34.1. The molecular formula is C32H26Cl2F3N3O6S. The number of hydrogen-bond donors (Lipinski definition) is 4. The molecule has 15 heteroatoms. The van der Waals surface area contributed by atoms with E-state index < -0.39 is 51.6 Å². The van der Waals surface area contributed by atoms with Gasteiger partial charge in [0.05, 0.1) is 26.7 Å². The third-order valence-electron chi connectivity index (χ3n) is 7.61. The third-order valence-corrected chi connectivity index (χ3v) is 10.4. The Morgan fingerprint density at radius 3 is 2.17 bits per heavy atom. The number of benzene rings is 3. The molecule has 0 radical (unpaired) electrons. The molecule has 0 spiro atoms. The van der Waals surface area contributed by atoms with Crippen molar-refractivity contribution in [1.29, 1.82) is 0 Å². The van der Waals surface area contributed by atoms with E-state index in [1.165, 1.54) is 68.6 Å². The Balaban J connectivity index is 1.48. The van der Waals surface area contributed by atoms with Crippen LogP contribution in [0.15, 0.2) is 88.6 Å². The second-order valence-electron chi connectivity index (χ2n) is 10.7. The summed E-state index contributed by atoms with van der Waals surface area (Å²) in [6.07, 6.45) is -5.10. The van der Waals surface area contributed by atoms with Gasteiger partial charge in [0.2, 0.25) is 0 Å². The fraction of sp³-hybridized carbons (Fsp3) is 0.156. The first-order valence-corrected chi connectivity index (χ1v) is 16.0. The molecule has 2 heterocycles. The zero-order valence-corrected chi connectivity index (χ0v) is 26.9. The quantitative estimate of drug-likeness (QED) is 0.131. The standard InChI is InChI=1S/C32H26Cl2F3N3O6S/c1-17-14-21(32(35,36)37)27(30(42)39(17)2)19-12-10-18(11-13-19)15-24(31(43)44)38-29(41)26-16-20-6-3-4-9-25(20)40(26)47(45,46)28-22(33)7-5-8-23(28)34/h3-14,16,24,45-46H,15H2,1-2H3,(H,38,41)(H,43,44). The highest BCUT2D eigenvalue weighted by molar-refractivity contribution is 8.23. The van der Waals surface area contributed by atoms with Gasteiger partial charge < -0.3 is 15.0 Å².